The van der Waals surface area contributed by atoms with Crippen LogP contribution in [0.2, 0.25) is 5.02 Å². The zero-order chi connectivity index (χ0) is 11.7. The lowest BCUT2D eigenvalue weighted by Crippen LogP contribution is -1.96. The normalized spacial score (nSPS) is 12.7. The molecule has 0 aliphatic rings. The summed E-state index contributed by atoms with van der Waals surface area (Å²) in [5.41, 5.74) is 2.92. The Balaban J connectivity index is 2.55. The van der Waals surface area contributed by atoms with Crippen LogP contribution in [-0.4, -0.2) is 11.5 Å². The first-order valence-corrected chi connectivity index (χ1v) is 5.37. The largest absolute Gasteiger partial charge is 0.460 e. The molecule has 0 bridgehead atoms. The summed E-state index contributed by atoms with van der Waals surface area (Å²) in [5, 5.41) is 1.76. The lowest BCUT2D eigenvalue weighted by molar-refractivity contribution is -0.133. The average molecular weight is 238 g/mol. The minimum Gasteiger partial charge on any atom is -0.460 e. The maximum Gasteiger partial charge on any atom is 0.293 e. The fourth-order valence-electron chi connectivity index (χ4n) is 1.77. The van der Waals surface area contributed by atoms with Crippen molar-refractivity contribution >= 4 is 29.0 Å². The number of aromatic nitrogens is 1. The second-order valence-corrected chi connectivity index (χ2v) is 4.17. The van der Waals surface area contributed by atoms with E-state index in [2.05, 4.69) is 4.98 Å². The molecule has 1 unspecified atom stereocenters. The van der Waals surface area contributed by atoms with Crippen molar-refractivity contribution in [2.75, 3.05) is 0 Å². The summed E-state index contributed by atoms with van der Waals surface area (Å²) in [5.74, 6) is 0. The Labute approximate surface area is 98.4 Å². The van der Waals surface area contributed by atoms with Crippen molar-refractivity contribution in [1.82, 2.24) is 4.98 Å². The summed E-state index contributed by atoms with van der Waals surface area (Å²) in [6, 6.07) is 3.87. The zero-order valence-corrected chi connectivity index (χ0v) is 9.84. The van der Waals surface area contributed by atoms with E-state index in [1.807, 2.05) is 32.2 Å². The van der Waals surface area contributed by atoms with Crippen LogP contribution >= 0.6 is 11.6 Å². The van der Waals surface area contributed by atoms with Crippen LogP contribution < -0.4 is 0 Å². The summed E-state index contributed by atoms with van der Waals surface area (Å²) in [6.07, 6.45) is 1.58. The Morgan fingerprint density at radius 1 is 1.50 bits per heavy atom. The maximum absolute atomic E-state index is 10.3. The molecule has 0 amide bonds. The second-order valence-electron chi connectivity index (χ2n) is 3.77. The van der Waals surface area contributed by atoms with Crippen molar-refractivity contribution in [2.24, 2.45) is 0 Å². The highest BCUT2D eigenvalue weighted by Gasteiger charge is 2.12. The molecule has 0 radical (unpaired) electrons. The van der Waals surface area contributed by atoms with Gasteiger partial charge in [0.2, 0.25) is 0 Å². The number of rotatable bonds is 3. The molecule has 4 heteroatoms. The number of ether oxygens (including phenoxy) is 1. The first kappa shape index (κ1) is 11.0. The molecule has 0 fully saturated rings. The number of hydrogen-bond donors (Lipinski definition) is 1. The highest BCUT2D eigenvalue weighted by molar-refractivity contribution is 6.32. The third-order valence-corrected chi connectivity index (χ3v) is 3.10. The van der Waals surface area contributed by atoms with Gasteiger partial charge >= 0.3 is 0 Å². The molecule has 0 saturated heterocycles. The van der Waals surface area contributed by atoms with Crippen LogP contribution in [0.25, 0.3) is 10.9 Å². The number of H-pyrrole nitrogens is 1. The first-order valence-electron chi connectivity index (χ1n) is 4.99. The molecule has 3 nitrogen and oxygen atoms in total. The van der Waals surface area contributed by atoms with Gasteiger partial charge in [0.05, 0.1) is 0 Å². The van der Waals surface area contributed by atoms with E-state index in [0.717, 1.165) is 27.1 Å². The molecule has 0 aliphatic heterocycles. The fraction of sp³-hybridized carbons (Fsp3) is 0.250. The molecule has 0 spiro atoms. The molecule has 84 valence electrons. The zero-order valence-electron chi connectivity index (χ0n) is 9.08. The Bertz CT molecular complexity index is 533. The Morgan fingerprint density at radius 2 is 2.25 bits per heavy atom. The van der Waals surface area contributed by atoms with Crippen LogP contribution in [0.4, 0.5) is 0 Å². The number of nitrogens with one attached hydrogen (secondary N) is 1. The maximum atomic E-state index is 10.3. The molecule has 1 heterocycles. The topological polar surface area (TPSA) is 42.1 Å². The first-order chi connectivity index (χ1) is 7.63. The number of benzene rings is 1. The Hall–Kier alpha value is -1.48. The van der Waals surface area contributed by atoms with Crippen LogP contribution in [0.5, 0.6) is 0 Å². The van der Waals surface area contributed by atoms with E-state index in [4.69, 9.17) is 16.3 Å². The van der Waals surface area contributed by atoms with E-state index in [1.165, 1.54) is 0 Å². The number of aromatic amines is 1. The third-order valence-electron chi connectivity index (χ3n) is 2.69. The van der Waals surface area contributed by atoms with Crippen molar-refractivity contribution in [3.8, 4) is 0 Å². The van der Waals surface area contributed by atoms with Crippen molar-refractivity contribution < 1.29 is 9.53 Å². The number of fused-ring (bicyclic) bond motifs is 1. The minimum atomic E-state index is -0.258. The van der Waals surface area contributed by atoms with E-state index in [0.29, 0.717) is 6.47 Å². The van der Waals surface area contributed by atoms with Crippen molar-refractivity contribution in [1.29, 1.82) is 0 Å². The van der Waals surface area contributed by atoms with Crippen LogP contribution in [0.3, 0.4) is 0 Å². The van der Waals surface area contributed by atoms with Gasteiger partial charge in [0, 0.05) is 27.7 Å². The highest BCUT2D eigenvalue weighted by Crippen LogP contribution is 2.29. The average Bonchev–Trinajstić information content (AvgIpc) is 2.62. The lowest BCUT2D eigenvalue weighted by Gasteiger charge is -2.08. The van der Waals surface area contributed by atoms with Crippen LogP contribution in [0, 0.1) is 6.92 Å². The summed E-state index contributed by atoms with van der Waals surface area (Å²) >= 11 is 6.03. The molecule has 2 aromatic rings. The minimum absolute atomic E-state index is 0.258. The Morgan fingerprint density at radius 3 is 2.94 bits per heavy atom. The van der Waals surface area contributed by atoms with Gasteiger partial charge in [-0.25, -0.2) is 0 Å². The van der Waals surface area contributed by atoms with Gasteiger partial charge in [0.25, 0.3) is 6.47 Å². The van der Waals surface area contributed by atoms with E-state index in [9.17, 15) is 4.79 Å². The van der Waals surface area contributed by atoms with Crippen LogP contribution in [0.1, 0.15) is 24.2 Å². The van der Waals surface area contributed by atoms with Crippen LogP contribution in [-0.2, 0) is 9.53 Å². The molecular formula is C12H12ClNO2. The smallest absolute Gasteiger partial charge is 0.293 e. The molecule has 16 heavy (non-hydrogen) atoms. The number of carbonyl (C=O) groups is 1. The SMILES string of the molecule is Cc1cc2c(C(C)OC=O)c[nH]c2cc1Cl. The molecule has 1 aromatic heterocycles. The molecular weight excluding hydrogens is 226 g/mol. The van der Waals surface area contributed by atoms with Crippen molar-refractivity contribution in [3.63, 3.8) is 0 Å². The summed E-state index contributed by atoms with van der Waals surface area (Å²) in [6.45, 7) is 4.25. The van der Waals surface area contributed by atoms with Gasteiger partial charge in [-0.15, -0.1) is 0 Å². The van der Waals surface area contributed by atoms with Gasteiger partial charge in [0.1, 0.15) is 6.10 Å². The van der Waals surface area contributed by atoms with E-state index >= 15 is 0 Å². The molecule has 0 aliphatic carbocycles. The van der Waals surface area contributed by atoms with Crippen molar-refractivity contribution in [2.45, 2.75) is 20.0 Å². The number of carbonyl (C=O) groups excluding carboxylic acids is 1. The van der Waals surface area contributed by atoms with E-state index in [1.54, 1.807) is 0 Å². The van der Waals surface area contributed by atoms with Crippen LogP contribution in [0.15, 0.2) is 18.3 Å². The third kappa shape index (κ3) is 1.78. The van der Waals surface area contributed by atoms with Gasteiger partial charge in [-0.05, 0) is 31.5 Å². The predicted molar refractivity (Wildman–Crippen MR) is 63.6 cm³/mol. The van der Waals surface area contributed by atoms with Gasteiger partial charge in [-0.2, -0.15) is 0 Å². The molecule has 0 saturated carbocycles. The Kier molecular flexibility index (Phi) is 2.88. The van der Waals surface area contributed by atoms with Gasteiger partial charge in [0.15, 0.2) is 0 Å². The van der Waals surface area contributed by atoms with Gasteiger partial charge in [-0.3, -0.25) is 4.79 Å². The van der Waals surface area contributed by atoms with Gasteiger partial charge < -0.3 is 9.72 Å². The number of halogens is 1. The molecule has 1 atom stereocenters. The standard InChI is InChI=1S/C12H12ClNO2/c1-7-3-9-10(8(2)16-6-15)5-14-12(9)4-11(7)13/h3-6,8,14H,1-2H3. The second kappa shape index (κ2) is 4.18. The predicted octanol–water partition coefficient (Wildman–Crippen LogP) is 3.36. The van der Waals surface area contributed by atoms with Crippen molar-refractivity contribution in [3.05, 3.63) is 34.5 Å². The molecule has 2 rings (SSSR count). The lowest BCUT2D eigenvalue weighted by atomic mass is 10.1. The fourth-order valence-corrected chi connectivity index (χ4v) is 1.93. The molecule has 1 N–H and O–H groups in total. The quantitative estimate of drug-likeness (QED) is 0.832. The summed E-state index contributed by atoms with van der Waals surface area (Å²) < 4.78 is 4.93. The van der Waals surface area contributed by atoms with Gasteiger partial charge in [-0.1, -0.05) is 11.6 Å². The number of aryl methyl sites for hydroxylation is 1. The van der Waals surface area contributed by atoms with E-state index < -0.39 is 0 Å². The summed E-state index contributed by atoms with van der Waals surface area (Å²) in [4.78, 5) is 13.4. The molecule has 1 aromatic carbocycles. The number of hydrogen-bond acceptors (Lipinski definition) is 2. The van der Waals surface area contributed by atoms with E-state index in [-0.39, 0.29) is 6.10 Å². The highest BCUT2D eigenvalue weighted by atomic mass is 35.5. The monoisotopic (exact) mass is 237 g/mol. The summed E-state index contributed by atoms with van der Waals surface area (Å²) in [7, 11) is 0.